The highest BCUT2D eigenvalue weighted by Crippen LogP contribution is 2.43. The average Bonchev–Trinajstić information content (AvgIpc) is 3.25. The summed E-state index contributed by atoms with van der Waals surface area (Å²) in [4.78, 5) is 62.1. The fourth-order valence-electron chi connectivity index (χ4n) is 9.72. The molecule has 9 rings (SSSR count). The molecule has 1 saturated carbocycles. The minimum Gasteiger partial charge on any atom is -0.490 e. The van der Waals surface area contributed by atoms with Crippen LogP contribution >= 0.6 is 11.6 Å². The molecule has 4 aliphatic heterocycles. The Kier molecular flexibility index (Phi) is 11.2. The van der Waals surface area contributed by atoms with E-state index in [2.05, 4.69) is 46.6 Å². The number of imide groups is 1. The molecule has 1 atom stereocenters. The van der Waals surface area contributed by atoms with Crippen LogP contribution in [0.1, 0.15) is 86.3 Å². The van der Waals surface area contributed by atoms with E-state index in [1.54, 1.807) is 24.3 Å². The number of aromatic nitrogens is 4. The number of ether oxygens (including phenoxy) is 1. The summed E-state index contributed by atoms with van der Waals surface area (Å²) in [6, 6.07) is 15.9. The highest BCUT2D eigenvalue weighted by molar-refractivity contribution is 6.31. The van der Waals surface area contributed by atoms with Crippen LogP contribution in [0.25, 0.3) is 10.9 Å². The van der Waals surface area contributed by atoms with Gasteiger partial charge in [0.15, 0.2) is 11.5 Å². The van der Waals surface area contributed by atoms with Gasteiger partial charge in [-0.05, 0) is 119 Å². The quantitative estimate of drug-likeness (QED) is 0.224. The van der Waals surface area contributed by atoms with Crippen LogP contribution in [-0.2, 0) is 9.59 Å². The van der Waals surface area contributed by atoms with Crippen molar-refractivity contribution in [3.63, 3.8) is 0 Å². The third-order valence-electron chi connectivity index (χ3n) is 13.4. The first kappa shape index (κ1) is 39.8. The van der Waals surface area contributed by atoms with Gasteiger partial charge in [0.1, 0.15) is 17.9 Å². The summed E-state index contributed by atoms with van der Waals surface area (Å²) in [6.45, 7) is 7.15. The van der Waals surface area contributed by atoms with Gasteiger partial charge >= 0.3 is 0 Å². The molecule has 0 radical (unpaired) electrons. The van der Waals surface area contributed by atoms with Gasteiger partial charge in [-0.25, -0.2) is 4.98 Å². The molecule has 5 aliphatic rings. The van der Waals surface area contributed by atoms with E-state index in [0.717, 1.165) is 95.8 Å². The minimum atomic E-state index is -0.725. The van der Waals surface area contributed by atoms with Crippen LogP contribution < -0.4 is 30.7 Å². The molecule has 4 saturated heterocycles. The molecule has 3 amide bonds. The first-order chi connectivity index (χ1) is 29.1. The Morgan fingerprint density at radius 1 is 0.917 bits per heavy atom. The number of fused-ring (bicyclic) bond motifs is 1. The predicted octanol–water partition coefficient (Wildman–Crippen LogP) is 4.63. The minimum absolute atomic E-state index is 0.0308. The molecule has 2 aromatic heterocycles. The fraction of sp³-hybridized carbons (Fsp3) is 0.500. The van der Waals surface area contributed by atoms with Crippen LogP contribution in [0.2, 0.25) is 5.02 Å². The van der Waals surface area contributed by atoms with Crippen LogP contribution in [0, 0.1) is 22.7 Å². The lowest BCUT2D eigenvalue weighted by Gasteiger charge is -2.55. The maximum atomic E-state index is 13.3. The molecule has 1 spiro atoms. The number of rotatable bonds is 9. The van der Waals surface area contributed by atoms with Crippen molar-refractivity contribution in [3.8, 4) is 11.8 Å². The van der Waals surface area contributed by atoms with Crippen LogP contribution in [0.3, 0.4) is 0 Å². The zero-order valence-electron chi connectivity index (χ0n) is 33.5. The molecule has 1 aliphatic carbocycles. The Morgan fingerprint density at radius 3 is 2.40 bits per heavy atom. The standard InChI is InChI=1S/C44H49ClN10O5/c45-35-22-33(5-1-29(35)23-46)60-32-6-2-30(3-7-32)48-41(57)36-9-11-39(51-50-36)53-17-13-28(14-18-53)24-52-19-15-44(16-20-52)25-54(26-44)31-4-8-34-37(21-31)47-27-55(43(34)59)38-10-12-40(56)49-42(38)58/h1,4-5,8-9,11,21-22,27-28,30,32,38H,2-3,6-7,10,12-20,24-26H2,(H,48,57)(H,49,56,58). The summed E-state index contributed by atoms with van der Waals surface area (Å²) < 4.78 is 7.44. The van der Waals surface area contributed by atoms with Gasteiger partial charge in [-0.15, -0.1) is 10.2 Å². The van der Waals surface area contributed by atoms with Gasteiger partial charge in [0.05, 0.1) is 33.9 Å². The summed E-state index contributed by atoms with van der Waals surface area (Å²) in [7, 11) is 0. The van der Waals surface area contributed by atoms with Crippen molar-refractivity contribution in [3.05, 3.63) is 81.5 Å². The molecule has 1 unspecified atom stereocenters. The lowest BCUT2D eigenvalue weighted by Crippen LogP contribution is -2.60. The predicted molar refractivity (Wildman–Crippen MR) is 225 cm³/mol. The van der Waals surface area contributed by atoms with Crippen LogP contribution in [0.5, 0.6) is 5.75 Å². The van der Waals surface area contributed by atoms with Crippen molar-refractivity contribution in [1.29, 1.82) is 5.26 Å². The van der Waals surface area contributed by atoms with E-state index in [1.807, 2.05) is 24.3 Å². The number of amides is 3. The number of carbonyl (C=O) groups is 3. The van der Waals surface area contributed by atoms with E-state index < -0.39 is 11.9 Å². The molecule has 60 heavy (non-hydrogen) atoms. The zero-order chi connectivity index (χ0) is 41.4. The highest BCUT2D eigenvalue weighted by atomic mass is 35.5. The number of hydrogen-bond acceptors (Lipinski definition) is 12. The van der Waals surface area contributed by atoms with E-state index in [0.29, 0.717) is 50.7 Å². The van der Waals surface area contributed by atoms with Crippen molar-refractivity contribution < 1.29 is 19.1 Å². The van der Waals surface area contributed by atoms with Gasteiger partial charge in [0.2, 0.25) is 11.8 Å². The number of nitrogens with one attached hydrogen (secondary N) is 2. The van der Waals surface area contributed by atoms with E-state index in [1.165, 1.54) is 23.7 Å². The lowest BCUT2D eigenvalue weighted by atomic mass is 9.71. The summed E-state index contributed by atoms with van der Waals surface area (Å²) >= 11 is 6.15. The summed E-state index contributed by atoms with van der Waals surface area (Å²) in [5, 5.41) is 24.1. The molecule has 0 bridgehead atoms. The summed E-state index contributed by atoms with van der Waals surface area (Å²) in [5.41, 5.74) is 2.47. The number of carbonyl (C=O) groups excluding carboxylic acids is 3. The maximum absolute atomic E-state index is 13.3. The molecule has 4 aromatic rings. The van der Waals surface area contributed by atoms with E-state index in [-0.39, 0.29) is 35.9 Å². The largest absolute Gasteiger partial charge is 0.490 e. The fourth-order valence-corrected chi connectivity index (χ4v) is 9.94. The van der Waals surface area contributed by atoms with Gasteiger partial charge in [-0.1, -0.05) is 11.6 Å². The van der Waals surface area contributed by atoms with E-state index in [9.17, 15) is 19.2 Å². The Hall–Kier alpha value is -5.59. The second-order valence-electron chi connectivity index (χ2n) is 17.3. The van der Waals surface area contributed by atoms with E-state index in [4.69, 9.17) is 21.6 Å². The normalized spacial score (nSPS) is 23.5. The van der Waals surface area contributed by atoms with Gasteiger partial charge in [0.25, 0.3) is 11.5 Å². The second-order valence-corrected chi connectivity index (χ2v) is 17.7. The lowest BCUT2D eigenvalue weighted by molar-refractivity contribution is -0.135. The van der Waals surface area contributed by atoms with Crippen LogP contribution in [0.15, 0.2) is 59.7 Å². The Bertz CT molecular complexity index is 2370. The van der Waals surface area contributed by atoms with Crippen molar-refractivity contribution >= 4 is 51.7 Å². The van der Waals surface area contributed by atoms with Crippen LogP contribution in [-0.4, -0.2) is 100 Å². The van der Waals surface area contributed by atoms with Crippen molar-refractivity contribution in [2.45, 2.75) is 82.4 Å². The number of hydrogen-bond donors (Lipinski definition) is 2. The van der Waals surface area contributed by atoms with Crippen molar-refractivity contribution in [2.24, 2.45) is 11.3 Å². The number of nitriles is 1. The van der Waals surface area contributed by atoms with E-state index >= 15 is 0 Å². The number of anilines is 2. The molecule has 5 fully saturated rings. The van der Waals surface area contributed by atoms with Gasteiger partial charge in [-0.2, -0.15) is 5.26 Å². The number of nitrogens with zero attached hydrogens (tertiary/aromatic N) is 8. The highest BCUT2D eigenvalue weighted by Gasteiger charge is 2.45. The Labute approximate surface area is 353 Å². The Morgan fingerprint density at radius 2 is 1.70 bits per heavy atom. The van der Waals surface area contributed by atoms with Gasteiger partial charge in [-0.3, -0.25) is 29.1 Å². The number of halogens is 1. The van der Waals surface area contributed by atoms with Crippen molar-refractivity contribution in [2.75, 3.05) is 55.6 Å². The third kappa shape index (κ3) is 8.40. The molecular weight excluding hydrogens is 784 g/mol. The number of benzene rings is 2. The van der Waals surface area contributed by atoms with Gasteiger partial charge < -0.3 is 24.8 Å². The van der Waals surface area contributed by atoms with Crippen LogP contribution in [0.4, 0.5) is 11.5 Å². The SMILES string of the molecule is N#Cc1ccc(OC2CCC(NC(=O)c3ccc(N4CCC(CN5CCC6(CC5)CN(c5ccc7c(=O)n(C8CCC(=O)NC8=O)cnc7c5)C6)CC4)nn3)CC2)cc1Cl. The molecule has 2 aromatic carbocycles. The monoisotopic (exact) mass is 832 g/mol. The molecule has 312 valence electrons. The first-order valence-corrected chi connectivity index (χ1v) is 21.6. The Balaban J connectivity index is 0.685. The average molecular weight is 833 g/mol. The molecule has 6 heterocycles. The zero-order valence-corrected chi connectivity index (χ0v) is 34.3. The van der Waals surface area contributed by atoms with Crippen molar-refractivity contribution in [1.82, 2.24) is 35.3 Å². The topological polar surface area (TPSA) is 179 Å². The molecular formula is C44H49ClN10O5. The van der Waals surface area contributed by atoms with Gasteiger partial charge in [0, 0.05) is 62.4 Å². The summed E-state index contributed by atoms with van der Waals surface area (Å²) in [6.07, 6.45) is 9.70. The number of piperidine rings is 3. The third-order valence-corrected chi connectivity index (χ3v) is 13.7. The second kappa shape index (κ2) is 16.8. The maximum Gasteiger partial charge on any atom is 0.272 e. The number of likely N-dealkylation sites (tertiary alicyclic amines) is 1. The molecule has 15 nitrogen and oxygen atoms in total. The smallest absolute Gasteiger partial charge is 0.272 e. The summed E-state index contributed by atoms with van der Waals surface area (Å²) in [5.74, 6) is 1.12. The first-order valence-electron chi connectivity index (χ1n) is 21.2. The molecule has 2 N–H and O–H groups in total. The molecule has 16 heteroatoms.